The van der Waals surface area contributed by atoms with Crippen molar-refractivity contribution in [1.29, 1.82) is 0 Å². The lowest BCUT2D eigenvalue weighted by Gasteiger charge is -2.60. The molecule has 3 fully saturated rings. The summed E-state index contributed by atoms with van der Waals surface area (Å²) in [4.78, 5) is 36.8. The first-order chi connectivity index (χ1) is 14.6. The number of carbonyl (C=O) groups is 3. The maximum atomic E-state index is 13.1. The molecule has 0 heterocycles. The predicted octanol–water partition coefficient (Wildman–Crippen LogP) is 3.13. The van der Waals surface area contributed by atoms with Crippen LogP contribution in [0.5, 0.6) is 0 Å². The summed E-state index contributed by atoms with van der Waals surface area (Å²) in [5.41, 5.74) is -1.36. The van der Waals surface area contributed by atoms with Crippen molar-refractivity contribution in [3.05, 3.63) is 11.6 Å². The fraction of sp³-hybridized carbons (Fsp3) is 0.800. The molecule has 2 N–H and O–H groups in total. The molecule has 4 rings (SSSR count). The van der Waals surface area contributed by atoms with Crippen molar-refractivity contribution in [3.8, 4) is 0 Å². The normalized spacial score (nSPS) is 44.0. The number of hydrogen-bond donors (Lipinski definition) is 2. The van der Waals surface area contributed by atoms with Crippen molar-refractivity contribution in [1.82, 2.24) is 0 Å². The van der Waals surface area contributed by atoms with Crippen LogP contribution >= 0.6 is 0 Å². The Labute approximate surface area is 184 Å². The van der Waals surface area contributed by atoms with Gasteiger partial charge in [-0.2, -0.15) is 0 Å². The summed E-state index contributed by atoms with van der Waals surface area (Å²) in [5.74, 6) is -0.323. The van der Waals surface area contributed by atoms with Crippen LogP contribution < -0.4 is 0 Å². The molecule has 6 nitrogen and oxygen atoms in total. The Bertz CT molecular complexity index is 817. The molecule has 0 aromatic rings. The van der Waals surface area contributed by atoms with Crippen LogP contribution in [0.15, 0.2) is 11.6 Å². The summed E-state index contributed by atoms with van der Waals surface area (Å²) in [6.07, 6.45) is 6.46. The van der Waals surface area contributed by atoms with Gasteiger partial charge in [0.15, 0.2) is 12.4 Å². The molecule has 0 radical (unpaired) electrons. The van der Waals surface area contributed by atoms with E-state index in [-0.39, 0.29) is 35.4 Å². The number of fused-ring (bicyclic) bond motifs is 5. The van der Waals surface area contributed by atoms with E-state index in [0.29, 0.717) is 25.7 Å². The Balaban J connectivity index is 1.59. The van der Waals surface area contributed by atoms with Gasteiger partial charge in [-0.15, -0.1) is 0 Å². The van der Waals surface area contributed by atoms with Crippen LogP contribution in [0, 0.1) is 28.6 Å². The monoisotopic (exact) mass is 432 g/mol. The minimum Gasteiger partial charge on any atom is -0.458 e. The lowest BCUT2D eigenvalue weighted by Crippen LogP contribution is -2.62. The summed E-state index contributed by atoms with van der Waals surface area (Å²) in [7, 11) is 0. The van der Waals surface area contributed by atoms with Gasteiger partial charge < -0.3 is 14.9 Å². The number of Topliss-reactive ketones (excluding diaryl/α,β-unsaturated/α-hetero) is 1. The highest BCUT2D eigenvalue weighted by atomic mass is 16.5. The smallest absolute Gasteiger partial charge is 0.306 e. The molecule has 0 aliphatic heterocycles. The van der Waals surface area contributed by atoms with Crippen LogP contribution in [0.1, 0.15) is 78.6 Å². The number of allylic oxidation sites excluding steroid dienone is 1. The Morgan fingerprint density at radius 1 is 1.19 bits per heavy atom. The van der Waals surface area contributed by atoms with E-state index in [1.54, 1.807) is 6.08 Å². The van der Waals surface area contributed by atoms with Crippen LogP contribution in [-0.2, 0) is 19.1 Å². The number of aliphatic hydroxyl groups is 2. The third-order valence-corrected chi connectivity index (χ3v) is 9.33. The van der Waals surface area contributed by atoms with E-state index >= 15 is 0 Å². The van der Waals surface area contributed by atoms with Gasteiger partial charge in [-0.1, -0.05) is 26.3 Å². The van der Waals surface area contributed by atoms with E-state index in [1.807, 2.05) is 13.8 Å². The number of hydrogen-bond acceptors (Lipinski definition) is 6. The van der Waals surface area contributed by atoms with Crippen LogP contribution in [-0.4, -0.2) is 46.1 Å². The number of ketones is 2. The molecule has 0 aromatic heterocycles. The molecule has 0 bridgehead atoms. The van der Waals surface area contributed by atoms with Gasteiger partial charge in [0, 0.05) is 18.3 Å². The molecule has 0 amide bonds. The highest BCUT2D eigenvalue weighted by molar-refractivity contribution is 5.92. The van der Waals surface area contributed by atoms with Gasteiger partial charge in [0.25, 0.3) is 0 Å². The van der Waals surface area contributed by atoms with E-state index in [9.17, 15) is 24.6 Å². The van der Waals surface area contributed by atoms with Gasteiger partial charge >= 0.3 is 5.97 Å². The van der Waals surface area contributed by atoms with Crippen LogP contribution in [0.3, 0.4) is 0 Å². The first-order valence-corrected chi connectivity index (χ1v) is 11.9. The summed E-state index contributed by atoms with van der Waals surface area (Å²) >= 11 is 0. The third-order valence-electron chi connectivity index (χ3n) is 9.33. The minimum absolute atomic E-state index is 0.0403. The van der Waals surface area contributed by atoms with Crippen molar-refractivity contribution < 1.29 is 29.3 Å². The standard InChI is InChI=1S/C25H36O6/c1-4-5-21(29)31-14-20(28)25(30)11-9-18-17-7-6-15-12-16(26)8-10-23(15,2)22(17)19(27)13-24(18,25)3/h12,17-19,22,27,30H,4-11,13-14H2,1-3H3/t17-,18+,19+,22+,23-,24-,25-/m0/s1. The highest BCUT2D eigenvalue weighted by Crippen LogP contribution is 2.67. The number of rotatable bonds is 5. The van der Waals surface area contributed by atoms with E-state index in [4.69, 9.17) is 4.74 Å². The highest BCUT2D eigenvalue weighted by Gasteiger charge is 2.68. The van der Waals surface area contributed by atoms with Crippen LogP contribution in [0.2, 0.25) is 0 Å². The first-order valence-electron chi connectivity index (χ1n) is 11.9. The molecular formula is C25H36O6. The van der Waals surface area contributed by atoms with Crippen molar-refractivity contribution in [2.24, 2.45) is 28.6 Å². The second kappa shape index (κ2) is 7.80. The summed E-state index contributed by atoms with van der Waals surface area (Å²) in [6, 6.07) is 0. The van der Waals surface area contributed by atoms with Crippen molar-refractivity contribution in [2.45, 2.75) is 90.3 Å². The predicted molar refractivity (Wildman–Crippen MR) is 114 cm³/mol. The largest absolute Gasteiger partial charge is 0.458 e. The van der Waals surface area contributed by atoms with Gasteiger partial charge in [0.2, 0.25) is 5.78 Å². The zero-order chi connectivity index (χ0) is 22.6. The van der Waals surface area contributed by atoms with Crippen LogP contribution in [0.25, 0.3) is 0 Å². The molecule has 6 heteroatoms. The number of ether oxygens (including phenoxy) is 1. The molecule has 4 aliphatic rings. The molecule has 7 atom stereocenters. The lowest BCUT2D eigenvalue weighted by atomic mass is 9.45. The van der Waals surface area contributed by atoms with Gasteiger partial charge in [-0.3, -0.25) is 14.4 Å². The first kappa shape index (κ1) is 22.7. The number of carbonyl (C=O) groups excluding carboxylic acids is 3. The summed E-state index contributed by atoms with van der Waals surface area (Å²) in [6.45, 7) is 5.59. The second-order valence-corrected chi connectivity index (χ2v) is 10.8. The molecule has 172 valence electrons. The molecule has 31 heavy (non-hydrogen) atoms. The van der Waals surface area contributed by atoms with Crippen LogP contribution in [0.4, 0.5) is 0 Å². The van der Waals surface area contributed by atoms with Gasteiger partial charge in [0.1, 0.15) is 5.60 Å². The van der Waals surface area contributed by atoms with E-state index < -0.39 is 35.5 Å². The quantitative estimate of drug-likeness (QED) is 0.648. The van der Waals surface area contributed by atoms with Gasteiger partial charge in [-0.05, 0) is 74.2 Å². The molecule has 0 spiro atoms. The molecule has 0 unspecified atom stereocenters. The topological polar surface area (TPSA) is 101 Å². The number of aliphatic hydroxyl groups excluding tert-OH is 1. The Hall–Kier alpha value is -1.53. The maximum Gasteiger partial charge on any atom is 0.306 e. The van der Waals surface area contributed by atoms with Gasteiger partial charge in [-0.25, -0.2) is 0 Å². The maximum absolute atomic E-state index is 13.1. The minimum atomic E-state index is -1.59. The summed E-state index contributed by atoms with van der Waals surface area (Å²) < 4.78 is 5.13. The van der Waals surface area contributed by atoms with E-state index in [0.717, 1.165) is 25.7 Å². The SMILES string of the molecule is CCCC(=O)OCC(=O)[C@@]1(O)CC[C@@H]2[C@@H]3CCC4=CC(=O)CC[C@]4(C)[C@H]3[C@H](O)C[C@@]21C. The second-order valence-electron chi connectivity index (χ2n) is 10.8. The number of esters is 1. The molecule has 0 aromatic carbocycles. The fourth-order valence-corrected chi connectivity index (χ4v) is 7.69. The zero-order valence-electron chi connectivity index (χ0n) is 19.0. The average Bonchev–Trinajstić information content (AvgIpc) is 2.98. The Morgan fingerprint density at radius 3 is 2.65 bits per heavy atom. The van der Waals surface area contributed by atoms with E-state index in [2.05, 4.69) is 6.92 Å². The fourth-order valence-electron chi connectivity index (χ4n) is 7.69. The third kappa shape index (κ3) is 3.32. The molecular weight excluding hydrogens is 396 g/mol. The Kier molecular flexibility index (Phi) is 5.70. The molecule has 0 saturated heterocycles. The van der Waals surface area contributed by atoms with E-state index in [1.165, 1.54) is 5.57 Å². The molecule has 3 saturated carbocycles. The summed E-state index contributed by atoms with van der Waals surface area (Å²) in [5, 5.41) is 23.0. The lowest BCUT2D eigenvalue weighted by molar-refractivity contribution is -0.184. The van der Waals surface area contributed by atoms with Crippen molar-refractivity contribution in [2.75, 3.05) is 6.61 Å². The van der Waals surface area contributed by atoms with Crippen molar-refractivity contribution in [3.63, 3.8) is 0 Å². The molecule has 4 aliphatic carbocycles. The Morgan fingerprint density at radius 2 is 1.94 bits per heavy atom. The average molecular weight is 433 g/mol. The van der Waals surface area contributed by atoms with Gasteiger partial charge in [0.05, 0.1) is 6.10 Å². The van der Waals surface area contributed by atoms with Crippen molar-refractivity contribution >= 4 is 17.5 Å². The zero-order valence-corrected chi connectivity index (χ0v) is 19.0.